The molecule has 0 aromatic heterocycles. The van der Waals surface area contributed by atoms with Crippen LogP contribution in [-0.4, -0.2) is 47.4 Å². The lowest BCUT2D eigenvalue weighted by Crippen LogP contribution is -2.90. The minimum atomic E-state index is -8.38. The van der Waals surface area contributed by atoms with Crippen molar-refractivity contribution in [1.82, 2.24) is 0 Å². The van der Waals surface area contributed by atoms with Gasteiger partial charge in [0.1, 0.15) is 0 Å². The summed E-state index contributed by atoms with van der Waals surface area (Å²) in [6.45, 7) is 0. The molecule has 0 heterocycles. The molecule has 144 valence electrons. The van der Waals surface area contributed by atoms with Gasteiger partial charge >= 0.3 is 47.4 Å². The maximum atomic E-state index is 13.3. The first-order valence-corrected chi connectivity index (χ1v) is 5.02. The van der Waals surface area contributed by atoms with E-state index in [1.54, 1.807) is 0 Å². The maximum absolute atomic E-state index is 13.3. The summed E-state index contributed by atoms with van der Waals surface area (Å²) in [4.78, 5) is 0. The summed E-state index contributed by atoms with van der Waals surface area (Å²) in [5.41, 5.74) is -16.6. The van der Waals surface area contributed by atoms with Crippen LogP contribution >= 0.6 is 0 Å². The molecule has 0 unspecified atom stereocenters. The fraction of sp³-hybridized carbons (Fsp3) is 1.00. The Hall–Kier alpha value is -1.12. The third-order valence-corrected chi connectivity index (χ3v) is 3.30. The summed E-state index contributed by atoms with van der Waals surface area (Å²) in [7, 11) is 0. The Morgan fingerprint density at radius 3 is 0.708 bits per heavy atom. The highest BCUT2D eigenvalue weighted by atomic mass is 19.4. The number of hydrogen-bond acceptors (Lipinski definition) is 0. The van der Waals surface area contributed by atoms with Gasteiger partial charge in [0.05, 0.1) is 0 Å². The number of hydrogen-bond donors (Lipinski definition) is 0. The second-order valence-electron chi connectivity index (χ2n) is 4.61. The van der Waals surface area contributed by atoms with Crippen molar-refractivity contribution in [2.24, 2.45) is 0 Å². The van der Waals surface area contributed by atoms with Crippen molar-refractivity contribution < 1.29 is 70.2 Å². The zero-order valence-corrected chi connectivity index (χ0v) is 10.0. The predicted molar refractivity (Wildman–Crippen MR) is 39.6 cm³/mol. The minimum absolute atomic E-state index is 8.00. The summed E-state index contributed by atoms with van der Waals surface area (Å²) < 4.78 is 203. The van der Waals surface area contributed by atoms with Crippen molar-refractivity contribution in [2.45, 2.75) is 47.4 Å². The van der Waals surface area contributed by atoms with Crippen molar-refractivity contribution in [3.63, 3.8) is 0 Å². The summed E-state index contributed by atoms with van der Waals surface area (Å²) >= 11 is 0. The third-order valence-electron chi connectivity index (χ3n) is 3.30. The van der Waals surface area contributed by atoms with Crippen LogP contribution in [0.5, 0.6) is 0 Å². The molecule has 0 aromatic carbocycles. The van der Waals surface area contributed by atoms with Crippen LogP contribution in [0.3, 0.4) is 0 Å². The summed E-state index contributed by atoms with van der Waals surface area (Å²) in [5, 5.41) is 0. The molecule has 1 saturated carbocycles. The van der Waals surface area contributed by atoms with Crippen LogP contribution in [0.15, 0.2) is 0 Å². The third kappa shape index (κ3) is 1.64. The molecule has 16 heteroatoms. The normalized spacial score (nSPS) is 38.0. The molecule has 0 N–H and O–H groups in total. The van der Waals surface area contributed by atoms with E-state index in [2.05, 4.69) is 0 Å². The van der Waals surface area contributed by atoms with Crippen molar-refractivity contribution in [1.29, 1.82) is 0 Å². The molecule has 0 amide bonds. The first-order valence-electron chi connectivity index (χ1n) is 5.02. The van der Waals surface area contributed by atoms with E-state index in [9.17, 15) is 70.2 Å². The summed E-state index contributed by atoms with van der Waals surface area (Å²) in [6, 6.07) is 0. The van der Waals surface area contributed by atoms with Gasteiger partial charge in [0.2, 0.25) is 0 Å². The molecule has 0 aromatic rings. The van der Waals surface area contributed by atoms with E-state index in [1.807, 2.05) is 0 Å². The second-order valence-corrected chi connectivity index (χ2v) is 4.61. The number of alkyl halides is 16. The van der Waals surface area contributed by atoms with Crippen molar-refractivity contribution >= 4 is 0 Å². The molecule has 1 rings (SSSR count). The molecule has 0 aliphatic heterocycles. The van der Waals surface area contributed by atoms with E-state index in [0.29, 0.717) is 0 Å². The number of rotatable bonds is 0. The Morgan fingerprint density at radius 2 is 0.542 bits per heavy atom. The first-order chi connectivity index (χ1) is 10.0. The molecule has 1 aliphatic rings. The van der Waals surface area contributed by atoms with Gasteiger partial charge in [0.15, 0.2) is 0 Å². The van der Waals surface area contributed by atoms with Crippen molar-refractivity contribution in [3.05, 3.63) is 0 Å². The SMILES string of the molecule is FC1(F)C(F)(F)[C@@](F)(C(F)(F)F)C(F)(F)[C@](F)(C(F)(F)F)C1(F)F. The standard InChI is InChI=1S/C8F16/c9-1(7(19,20)21)3(11,12)2(10,8(22,23)24)5(15,16)6(17,18)4(1,13)14/t1-,2-/m1/s1. The monoisotopic (exact) mass is 400 g/mol. The lowest BCUT2D eigenvalue weighted by molar-refractivity contribution is -0.523. The lowest BCUT2D eigenvalue weighted by atomic mass is 9.66. The highest BCUT2D eigenvalue weighted by Crippen LogP contribution is 2.74. The van der Waals surface area contributed by atoms with E-state index in [1.165, 1.54) is 0 Å². The van der Waals surface area contributed by atoms with Crippen molar-refractivity contribution in [3.8, 4) is 0 Å². The maximum Gasteiger partial charge on any atom is 0.435 e. The predicted octanol–water partition coefficient (Wildman–Crippen LogP) is 5.08. The zero-order valence-electron chi connectivity index (χ0n) is 10.0. The van der Waals surface area contributed by atoms with Gasteiger partial charge in [-0.1, -0.05) is 0 Å². The van der Waals surface area contributed by atoms with Gasteiger partial charge in [-0.15, -0.1) is 0 Å². The van der Waals surface area contributed by atoms with E-state index >= 15 is 0 Å². The van der Waals surface area contributed by atoms with Gasteiger partial charge in [-0.05, 0) is 0 Å². The topological polar surface area (TPSA) is 0 Å². The molecule has 0 spiro atoms. The van der Waals surface area contributed by atoms with Crippen LogP contribution < -0.4 is 0 Å². The van der Waals surface area contributed by atoms with Gasteiger partial charge in [-0.25, -0.2) is 8.78 Å². The van der Waals surface area contributed by atoms with Gasteiger partial charge < -0.3 is 0 Å². The number of halogens is 16. The molecule has 2 atom stereocenters. The average molecular weight is 400 g/mol. The van der Waals surface area contributed by atoms with Gasteiger partial charge in [0.25, 0.3) is 0 Å². The van der Waals surface area contributed by atoms with E-state index in [4.69, 9.17) is 0 Å². The Bertz CT molecular complexity index is 479. The van der Waals surface area contributed by atoms with E-state index in [-0.39, 0.29) is 0 Å². The minimum Gasteiger partial charge on any atom is -0.220 e. The quantitative estimate of drug-likeness (QED) is 0.498. The van der Waals surface area contributed by atoms with Crippen LogP contribution in [0.25, 0.3) is 0 Å². The Labute approximate surface area is 119 Å². The zero-order chi connectivity index (χ0) is 20.0. The molecule has 0 bridgehead atoms. The molecule has 0 radical (unpaired) electrons. The lowest BCUT2D eigenvalue weighted by Gasteiger charge is -2.55. The van der Waals surface area contributed by atoms with E-state index in [0.717, 1.165) is 0 Å². The molecule has 24 heavy (non-hydrogen) atoms. The first kappa shape index (κ1) is 20.9. The molecular formula is C8F16. The Balaban J connectivity index is 4.14. The van der Waals surface area contributed by atoms with Gasteiger partial charge in [-0.3, -0.25) is 0 Å². The van der Waals surface area contributed by atoms with E-state index < -0.39 is 47.4 Å². The molecule has 1 fully saturated rings. The van der Waals surface area contributed by atoms with Crippen LogP contribution in [0, 0.1) is 0 Å². The summed E-state index contributed by atoms with van der Waals surface area (Å²) in [6.07, 6.45) is -16.0. The average Bonchev–Trinajstić information content (AvgIpc) is 2.31. The highest BCUT2D eigenvalue weighted by Gasteiger charge is 3.08. The molecule has 0 nitrogen and oxygen atoms in total. The molecule has 0 saturated heterocycles. The fourth-order valence-corrected chi connectivity index (χ4v) is 1.97. The van der Waals surface area contributed by atoms with Crippen molar-refractivity contribution in [2.75, 3.05) is 0 Å². The highest BCUT2D eigenvalue weighted by molar-refractivity contribution is 5.33. The smallest absolute Gasteiger partial charge is 0.220 e. The van der Waals surface area contributed by atoms with Gasteiger partial charge in [-0.2, -0.15) is 61.5 Å². The largest absolute Gasteiger partial charge is 0.435 e. The molecule has 1 aliphatic carbocycles. The summed E-state index contributed by atoms with van der Waals surface area (Å²) in [5.74, 6) is -32.8. The van der Waals surface area contributed by atoms with Crippen LogP contribution in [0.1, 0.15) is 0 Å². The molecular weight excluding hydrogens is 400 g/mol. The van der Waals surface area contributed by atoms with Crippen LogP contribution in [0.4, 0.5) is 70.2 Å². The Kier molecular flexibility index (Phi) is 3.78. The van der Waals surface area contributed by atoms with Gasteiger partial charge in [0, 0.05) is 0 Å². The second kappa shape index (κ2) is 4.34. The van der Waals surface area contributed by atoms with Crippen LogP contribution in [0.2, 0.25) is 0 Å². The van der Waals surface area contributed by atoms with Crippen LogP contribution in [-0.2, 0) is 0 Å². The Morgan fingerprint density at radius 1 is 0.333 bits per heavy atom. The fourth-order valence-electron chi connectivity index (χ4n) is 1.97.